The summed E-state index contributed by atoms with van der Waals surface area (Å²) in [6.45, 7) is 0.740. The zero-order chi connectivity index (χ0) is 7.49. The fraction of sp³-hybridized carbons (Fsp3) is 0.800. The Morgan fingerprint density at radius 3 is 2.33 bits per heavy atom. The number of nitriles is 1. The highest BCUT2D eigenvalue weighted by Gasteiger charge is 2.24. The average Bonchev–Trinajstić information content (AvgIpc) is 1.62. The molecule has 0 spiro atoms. The highest BCUT2D eigenvalue weighted by atomic mass is 19.3. The Balaban J connectivity index is 3.63. The van der Waals surface area contributed by atoms with Crippen LogP contribution in [0.2, 0.25) is 0 Å². The normalized spacial score (nSPS) is 14.6. The third kappa shape index (κ3) is 5.18. The summed E-state index contributed by atoms with van der Waals surface area (Å²) < 4.78 is 23.9. The first kappa shape index (κ1) is 8.31. The number of alkyl halides is 2. The summed E-state index contributed by atoms with van der Waals surface area (Å²) in [5.41, 5.74) is 4.92. The van der Waals surface area contributed by atoms with Crippen LogP contribution < -0.4 is 5.73 Å². The summed E-state index contributed by atoms with van der Waals surface area (Å²) in [5, 5.41) is 7.99. The van der Waals surface area contributed by atoms with E-state index in [4.69, 9.17) is 11.0 Å². The number of nitrogens with zero attached hydrogens (tertiary/aromatic N) is 1. The van der Waals surface area contributed by atoms with Crippen LogP contribution in [0.5, 0.6) is 0 Å². The summed E-state index contributed by atoms with van der Waals surface area (Å²) in [7, 11) is 0. The molecule has 2 N–H and O–H groups in total. The molecule has 1 unspecified atom stereocenters. The third-order valence-corrected chi connectivity index (χ3v) is 0.744. The Morgan fingerprint density at radius 1 is 1.78 bits per heavy atom. The van der Waals surface area contributed by atoms with Crippen molar-refractivity contribution in [3.63, 3.8) is 0 Å². The first-order valence-corrected chi connectivity index (χ1v) is 2.49. The van der Waals surface area contributed by atoms with Gasteiger partial charge < -0.3 is 5.73 Å². The van der Waals surface area contributed by atoms with Crippen LogP contribution in [0.15, 0.2) is 0 Å². The first-order chi connectivity index (χ1) is 3.95. The molecule has 2 nitrogen and oxygen atoms in total. The smallest absolute Gasteiger partial charge is 0.247 e. The molecule has 0 amide bonds. The number of hydrogen-bond donors (Lipinski definition) is 1. The molecule has 0 saturated heterocycles. The van der Waals surface area contributed by atoms with Crippen LogP contribution in [0.3, 0.4) is 0 Å². The third-order valence-electron chi connectivity index (χ3n) is 0.744. The molecule has 0 aliphatic rings. The van der Waals surface area contributed by atoms with Crippen molar-refractivity contribution in [3.05, 3.63) is 0 Å². The van der Waals surface area contributed by atoms with E-state index in [1.165, 1.54) is 6.07 Å². The molecule has 0 saturated carbocycles. The van der Waals surface area contributed by atoms with E-state index in [0.29, 0.717) is 0 Å². The number of halogens is 2. The Hall–Kier alpha value is -0.690. The fourth-order valence-corrected chi connectivity index (χ4v) is 0.432. The van der Waals surface area contributed by atoms with Gasteiger partial charge >= 0.3 is 0 Å². The average molecular weight is 134 g/mol. The summed E-state index contributed by atoms with van der Waals surface area (Å²) in [6, 6.07) is 0.468. The maximum Gasteiger partial charge on any atom is 0.247 e. The van der Waals surface area contributed by atoms with E-state index in [2.05, 4.69) is 0 Å². The molecule has 0 aromatic rings. The van der Waals surface area contributed by atoms with Crippen LogP contribution in [0, 0.1) is 11.3 Å². The maximum absolute atomic E-state index is 11.9. The van der Waals surface area contributed by atoms with Crippen molar-refractivity contribution in [3.8, 4) is 6.07 Å². The van der Waals surface area contributed by atoms with Crippen molar-refractivity contribution in [2.24, 2.45) is 5.73 Å². The highest BCUT2D eigenvalue weighted by Crippen LogP contribution is 2.17. The van der Waals surface area contributed by atoms with Crippen molar-refractivity contribution < 1.29 is 8.78 Å². The van der Waals surface area contributed by atoms with Gasteiger partial charge in [0.05, 0.1) is 12.1 Å². The lowest BCUT2D eigenvalue weighted by Crippen LogP contribution is -2.26. The van der Waals surface area contributed by atoms with Gasteiger partial charge in [-0.15, -0.1) is 0 Å². The van der Waals surface area contributed by atoms with E-state index < -0.39 is 18.4 Å². The lowest BCUT2D eigenvalue weighted by Gasteiger charge is -2.09. The van der Waals surface area contributed by atoms with Crippen molar-refractivity contribution in [2.75, 3.05) is 0 Å². The van der Waals surface area contributed by atoms with E-state index in [1.807, 2.05) is 0 Å². The minimum atomic E-state index is -2.82. The van der Waals surface area contributed by atoms with Gasteiger partial charge in [0.1, 0.15) is 0 Å². The minimum absolute atomic E-state index is 0.566. The summed E-state index contributed by atoms with van der Waals surface area (Å²) in [4.78, 5) is 0. The van der Waals surface area contributed by atoms with Crippen LogP contribution in [0.25, 0.3) is 0 Å². The van der Waals surface area contributed by atoms with Crippen LogP contribution in [-0.2, 0) is 0 Å². The largest absolute Gasteiger partial charge is 0.316 e. The van der Waals surface area contributed by atoms with Gasteiger partial charge in [-0.2, -0.15) is 5.26 Å². The molecule has 0 fully saturated rings. The van der Waals surface area contributed by atoms with Crippen LogP contribution in [-0.4, -0.2) is 12.0 Å². The van der Waals surface area contributed by atoms with E-state index >= 15 is 0 Å². The number of hydrogen-bond acceptors (Lipinski definition) is 2. The van der Waals surface area contributed by atoms with Crippen LogP contribution >= 0.6 is 0 Å². The zero-order valence-electron chi connectivity index (χ0n) is 5.06. The molecule has 0 aromatic heterocycles. The van der Waals surface area contributed by atoms with Gasteiger partial charge in [0.15, 0.2) is 0 Å². The molecule has 0 heterocycles. The molecule has 0 aromatic carbocycles. The minimum Gasteiger partial charge on any atom is -0.316 e. The fourth-order valence-electron chi connectivity index (χ4n) is 0.432. The van der Waals surface area contributed by atoms with Gasteiger partial charge in [-0.25, -0.2) is 8.78 Å². The van der Waals surface area contributed by atoms with E-state index in [0.717, 1.165) is 6.92 Å². The molecule has 9 heavy (non-hydrogen) atoms. The second kappa shape index (κ2) is 2.74. The van der Waals surface area contributed by atoms with Crippen molar-refractivity contribution in [1.29, 1.82) is 5.26 Å². The molecule has 0 rings (SSSR count). The SMILES string of the molecule is CC(F)(F)CC(N)C#N. The number of rotatable bonds is 2. The van der Waals surface area contributed by atoms with E-state index in [-0.39, 0.29) is 0 Å². The molecule has 0 bridgehead atoms. The topological polar surface area (TPSA) is 49.8 Å². The van der Waals surface area contributed by atoms with Crippen molar-refractivity contribution in [2.45, 2.75) is 25.3 Å². The van der Waals surface area contributed by atoms with Gasteiger partial charge in [-0.05, 0) is 6.92 Å². The van der Waals surface area contributed by atoms with Gasteiger partial charge in [0.25, 0.3) is 0 Å². The second-order valence-corrected chi connectivity index (χ2v) is 2.01. The Labute approximate surface area is 52.3 Å². The lowest BCUT2D eigenvalue weighted by molar-refractivity contribution is 0.0107. The Kier molecular flexibility index (Phi) is 2.53. The van der Waals surface area contributed by atoms with Crippen molar-refractivity contribution >= 4 is 0 Å². The van der Waals surface area contributed by atoms with Gasteiger partial charge in [0, 0.05) is 6.42 Å². The van der Waals surface area contributed by atoms with Gasteiger partial charge in [-0.3, -0.25) is 0 Å². The standard InChI is InChI=1S/C5H8F2N2/c1-5(6,7)2-4(9)3-8/h4H,2,9H2,1H3. The summed E-state index contributed by atoms with van der Waals surface area (Å²) >= 11 is 0. The highest BCUT2D eigenvalue weighted by molar-refractivity contribution is 4.89. The summed E-state index contributed by atoms with van der Waals surface area (Å²) in [5.74, 6) is -2.82. The maximum atomic E-state index is 11.9. The molecule has 0 aliphatic carbocycles. The number of nitrogens with two attached hydrogens (primary N) is 1. The van der Waals surface area contributed by atoms with Gasteiger partial charge in [0.2, 0.25) is 5.92 Å². The molecule has 0 radical (unpaired) electrons. The quantitative estimate of drug-likeness (QED) is 0.609. The monoisotopic (exact) mass is 134 g/mol. The molecule has 52 valence electrons. The molecular formula is C5H8F2N2. The molecule has 4 heteroatoms. The Bertz CT molecular complexity index is 122. The molecule has 0 aliphatic heterocycles. The van der Waals surface area contributed by atoms with E-state index in [1.54, 1.807) is 0 Å². The molecular weight excluding hydrogens is 126 g/mol. The zero-order valence-corrected chi connectivity index (χ0v) is 5.06. The second-order valence-electron chi connectivity index (χ2n) is 2.01. The summed E-state index contributed by atoms with van der Waals surface area (Å²) in [6.07, 6.45) is -0.566. The van der Waals surface area contributed by atoms with Crippen molar-refractivity contribution in [1.82, 2.24) is 0 Å². The Morgan fingerprint density at radius 2 is 2.22 bits per heavy atom. The first-order valence-electron chi connectivity index (χ1n) is 2.49. The van der Waals surface area contributed by atoms with Gasteiger partial charge in [-0.1, -0.05) is 0 Å². The predicted molar refractivity (Wildman–Crippen MR) is 28.8 cm³/mol. The van der Waals surface area contributed by atoms with Crippen LogP contribution in [0.4, 0.5) is 8.78 Å². The predicted octanol–water partition coefficient (Wildman–Crippen LogP) is 0.883. The van der Waals surface area contributed by atoms with E-state index in [9.17, 15) is 8.78 Å². The lowest BCUT2D eigenvalue weighted by atomic mass is 10.1. The van der Waals surface area contributed by atoms with Crippen LogP contribution in [0.1, 0.15) is 13.3 Å². The molecule has 1 atom stereocenters.